The second kappa shape index (κ2) is 8.88. The largest absolute Gasteiger partial charge is 0.497 e. The van der Waals surface area contributed by atoms with Crippen molar-refractivity contribution in [2.45, 2.75) is 6.54 Å². The van der Waals surface area contributed by atoms with E-state index in [-0.39, 0.29) is 5.91 Å². The maximum absolute atomic E-state index is 12.0. The number of anilines is 1. The number of ether oxygens (including phenoxy) is 1. The van der Waals surface area contributed by atoms with E-state index in [4.69, 9.17) is 4.74 Å². The first-order valence-electron chi connectivity index (χ1n) is 7.84. The van der Waals surface area contributed by atoms with Crippen molar-refractivity contribution in [3.05, 3.63) is 53.9 Å². The van der Waals surface area contributed by atoms with Crippen LogP contribution in [0.5, 0.6) is 5.75 Å². The molecule has 1 heterocycles. The molecular formula is C18H24N4O2. The average Bonchev–Trinajstić information content (AvgIpc) is 2.60. The van der Waals surface area contributed by atoms with Crippen molar-refractivity contribution in [2.75, 3.05) is 39.6 Å². The Morgan fingerprint density at radius 1 is 1.17 bits per heavy atom. The van der Waals surface area contributed by atoms with Gasteiger partial charge in [0.15, 0.2) is 0 Å². The first kappa shape index (κ1) is 17.7. The Kier molecular flexibility index (Phi) is 6.57. The van der Waals surface area contributed by atoms with Gasteiger partial charge < -0.3 is 20.3 Å². The van der Waals surface area contributed by atoms with Crippen LogP contribution < -0.4 is 15.4 Å². The second-order valence-corrected chi connectivity index (χ2v) is 5.69. The van der Waals surface area contributed by atoms with E-state index < -0.39 is 0 Å². The molecule has 0 unspecified atom stereocenters. The minimum Gasteiger partial charge on any atom is -0.497 e. The molecule has 2 N–H and O–H groups in total. The molecule has 0 fully saturated rings. The zero-order valence-electron chi connectivity index (χ0n) is 14.4. The van der Waals surface area contributed by atoms with Crippen LogP contribution in [0.15, 0.2) is 42.6 Å². The number of aromatic nitrogens is 1. The van der Waals surface area contributed by atoms with Crippen LogP contribution >= 0.6 is 0 Å². The molecule has 0 spiro atoms. The molecular weight excluding hydrogens is 304 g/mol. The van der Waals surface area contributed by atoms with E-state index in [1.807, 2.05) is 49.3 Å². The lowest BCUT2D eigenvalue weighted by molar-refractivity contribution is 0.0946. The van der Waals surface area contributed by atoms with Gasteiger partial charge in [-0.15, -0.1) is 0 Å². The smallest absolute Gasteiger partial charge is 0.269 e. The summed E-state index contributed by atoms with van der Waals surface area (Å²) >= 11 is 0. The summed E-state index contributed by atoms with van der Waals surface area (Å²) in [4.78, 5) is 18.2. The number of likely N-dealkylation sites (N-methyl/N-ethyl adjacent to an activating group) is 1. The molecule has 1 aromatic carbocycles. The topological polar surface area (TPSA) is 66.5 Å². The van der Waals surface area contributed by atoms with Crippen molar-refractivity contribution < 1.29 is 9.53 Å². The monoisotopic (exact) mass is 328 g/mol. The second-order valence-electron chi connectivity index (χ2n) is 5.69. The summed E-state index contributed by atoms with van der Waals surface area (Å²) in [5, 5.41) is 6.12. The number of methoxy groups -OCH3 is 1. The highest BCUT2D eigenvalue weighted by Crippen LogP contribution is 2.13. The van der Waals surface area contributed by atoms with Gasteiger partial charge in [0.05, 0.1) is 19.0 Å². The summed E-state index contributed by atoms with van der Waals surface area (Å²) in [6.45, 7) is 2.08. The van der Waals surface area contributed by atoms with E-state index >= 15 is 0 Å². The molecule has 1 amide bonds. The van der Waals surface area contributed by atoms with Crippen molar-refractivity contribution in [2.24, 2.45) is 0 Å². The fourth-order valence-electron chi connectivity index (χ4n) is 2.06. The number of carbonyl (C=O) groups excluding carboxylic acids is 1. The van der Waals surface area contributed by atoms with Crippen LogP contribution in [0.1, 0.15) is 16.1 Å². The first-order valence-corrected chi connectivity index (χ1v) is 7.84. The highest BCUT2D eigenvalue weighted by atomic mass is 16.5. The number of rotatable bonds is 8. The van der Waals surface area contributed by atoms with Gasteiger partial charge in [-0.2, -0.15) is 0 Å². The summed E-state index contributed by atoms with van der Waals surface area (Å²) in [6, 6.07) is 11.4. The third kappa shape index (κ3) is 5.55. The number of nitrogens with zero attached hydrogens (tertiary/aromatic N) is 2. The minimum absolute atomic E-state index is 0.154. The Bertz CT molecular complexity index is 639. The van der Waals surface area contributed by atoms with Gasteiger partial charge in [-0.3, -0.25) is 4.79 Å². The minimum atomic E-state index is -0.154. The molecule has 0 radical (unpaired) electrons. The van der Waals surface area contributed by atoms with Crippen LogP contribution in [-0.2, 0) is 6.54 Å². The van der Waals surface area contributed by atoms with Crippen molar-refractivity contribution in [1.82, 2.24) is 15.2 Å². The van der Waals surface area contributed by atoms with Crippen LogP contribution in [0.25, 0.3) is 0 Å². The Balaban J connectivity index is 1.83. The quantitative estimate of drug-likeness (QED) is 0.776. The van der Waals surface area contributed by atoms with Crippen molar-refractivity contribution in [3.63, 3.8) is 0 Å². The highest BCUT2D eigenvalue weighted by Gasteiger charge is 2.06. The molecule has 0 atom stereocenters. The number of hydrogen-bond acceptors (Lipinski definition) is 5. The lowest BCUT2D eigenvalue weighted by Gasteiger charge is -2.10. The fourth-order valence-corrected chi connectivity index (χ4v) is 2.06. The van der Waals surface area contributed by atoms with Gasteiger partial charge in [-0.25, -0.2) is 4.98 Å². The van der Waals surface area contributed by atoms with E-state index in [1.165, 1.54) is 0 Å². The Hall–Kier alpha value is -2.60. The molecule has 0 bridgehead atoms. The molecule has 2 aromatic rings. The van der Waals surface area contributed by atoms with E-state index in [1.54, 1.807) is 19.4 Å². The standard InChI is InChI=1S/C18H24N4O2/c1-22(2)11-10-19-18(23)17-9-6-15(13-21-17)20-12-14-4-7-16(24-3)8-5-14/h4-9,13,20H,10-12H2,1-3H3,(H,19,23). The lowest BCUT2D eigenvalue weighted by Crippen LogP contribution is -2.31. The van der Waals surface area contributed by atoms with Gasteiger partial charge in [0, 0.05) is 19.6 Å². The molecule has 0 saturated carbocycles. The van der Waals surface area contributed by atoms with Crippen LogP contribution in [0.2, 0.25) is 0 Å². The first-order chi connectivity index (χ1) is 11.6. The molecule has 2 rings (SSSR count). The van der Waals surface area contributed by atoms with Crippen LogP contribution in [0.4, 0.5) is 5.69 Å². The van der Waals surface area contributed by atoms with Crippen LogP contribution in [-0.4, -0.2) is 50.1 Å². The lowest BCUT2D eigenvalue weighted by atomic mass is 10.2. The van der Waals surface area contributed by atoms with Gasteiger partial charge in [0.25, 0.3) is 5.91 Å². The van der Waals surface area contributed by atoms with Crippen molar-refractivity contribution in [3.8, 4) is 5.75 Å². The van der Waals surface area contributed by atoms with Crippen molar-refractivity contribution in [1.29, 1.82) is 0 Å². The summed E-state index contributed by atoms with van der Waals surface area (Å²) < 4.78 is 5.14. The maximum atomic E-state index is 12.0. The Morgan fingerprint density at radius 3 is 2.50 bits per heavy atom. The third-order valence-electron chi connectivity index (χ3n) is 3.50. The molecule has 0 aliphatic rings. The zero-order chi connectivity index (χ0) is 17.4. The summed E-state index contributed by atoms with van der Waals surface area (Å²) in [5.41, 5.74) is 2.43. The third-order valence-corrected chi connectivity index (χ3v) is 3.50. The molecule has 0 saturated heterocycles. The summed E-state index contributed by atoms with van der Waals surface area (Å²) in [7, 11) is 5.58. The molecule has 128 valence electrons. The van der Waals surface area contributed by atoms with E-state index in [0.29, 0.717) is 18.8 Å². The number of nitrogens with one attached hydrogen (secondary N) is 2. The summed E-state index contributed by atoms with van der Waals surface area (Å²) in [5.74, 6) is 0.684. The predicted molar refractivity (Wildman–Crippen MR) is 95.4 cm³/mol. The van der Waals surface area contributed by atoms with E-state index in [2.05, 4.69) is 15.6 Å². The fraction of sp³-hybridized carbons (Fsp3) is 0.333. The van der Waals surface area contributed by atoms with Crippen LogP contribution in [0, 0.1) is 0 Å². The number of amides is 1. The van der Waals surface area contributed by atoms with E-state index in [9.17, 15) is 4.79 Å². The van der Waals surface area contributed by atoms with E-state index in [0.717, 1.165) is 23.5 Å². The molecule has 6 nitrogen and oxygen atoms in total. The normalized spacial score (nSPS) is 10.5. The van der Waals surface area contributed by atoms with Gasteiger partial charge in [0.2, 0.25) is 0 Å². The van der Waals surface area contributed by atoms with Crippen molar-refractivity contribution >= 4 is 11.6 Å². The number of benzene rings is 1. The Labute approximate surface area is 142 Å². The van der Waals surface area contributed by atoms with Gasteiger partial charge in [-0.1, -0.05) is 12.1 Å². The Morgan fingerprint density at radius 2 is 1.92 bits per heavy atom. The summed E-state index contributed by atoms with van der Waals surface area (Å²) in [6.07, 6.45) is 1.67. The highest BCUT2D eigenvalue weighted by molar-refractivity contribution is 5.92. The van der Waals surface area contributed by atoms with Gasteiger partial charge >= 0.3 is 0 Å². The average molecular weight is 328 g/mol. The molecule has 1 aromatic heterocycles. The zero-order valence-corrected chi connectivity index (χ0v) is 14.4. The molecule has 24 heavy (non-hydrogen) atoms. The number of hydrogen-bond donors (Lipinski definition) is 2. The molecule has 6 heteroatoms. The van der Waals surface area contributed by atoms with Gasteiger partial charge in [-0.05, 0) is 43.9 Å². The molecule has 0 aliphatic carbocycles. The molecule has 0 aliphatic heterocycles. The predicted octanol–water partition coefficient (Wildman–Crippen LogP) is 1.99. The van der Waals surface area contributed by atoms with Gasteiger partial charge in [0.1, 0.15) is 11.4 Å². The number of pyridine rings is 1. The number of carbonyl (C=O) groups is 1. The maximum Gasteiger partial charge on any atom is 0.269 e. The van der Waals surface area contributed by atoms with Crippen LogP contribution in [0.3, 0.4) is 0 Å². The SMILES string of the molecule is COc1ccc(CNc2ccc(C(=O)NCCN(C)C)nc2)cc1.